The Morgan fingerprint density at radius 1 is 1.00 bits per heavy atom. The number of amides is 2. The van der Waals surface area contributed by atoms with E-state index in [0.29, 0.717) is 34.7 Å². The van der Waals surface area contributed by atoms with Crippen LogP contribution in [0.1, 0.15) is 25.6 Å². The number of hydrogen-bond acceptors (Lipinski definition) is 6. The summed E-state index contributed by atoms with van der Waals surface area (Å²) in [6.07, 6.45) is 0.399. The lowest BCUT2D eigenvalue weighted by molar-refractivity contribution is 0.0952. The van der Waals surface area contributed by atoms with E-state index < -0.39 is 0 Å². The second-order valence-electron chi connectivity index (χ2n) is 9.39. The van der Waals surface area contributed by atoms with Crippen molar-refractivity contribution >= 4 is 34.5 Å². The van der Waals surface area contributed by atoms with E-state index in [9.17, 15) is 14.0 Å². The number of piperazine rings is 1. The molecular formula is C28H34FN5O2S. The molecule has 0 saturated carbocycles. The van der Waals surface area contributed by atoms with E-state index in [1.165, 1.54) is 17.4 Å². The molecule has 196 valence electrons. The fraction of sp³-hybridized carbons (Fsp3) is 0.357. The predicted molar refractivity (Wildman–Crippen MR) is 148 cm³/mol. The van der Waals surface area contributed by atoms with Gasteiger partial charge in [-0.05, 0) is 61.8 Å². The van der Waals surface area contributed by atoms with Gasteiger partial charge in [0.25, 0.3) is 11.8 Å². The van der Waals surface area contributed by atoms with Crippen LogP contribution in [0.5, 0.6) is 0 Å². The minimum atomic E-state index is -0.276. The maximum absolute atomic E-state index is 13.9. The summed E-state index contributed by atoms with van der Waals surface area (Å²) < 4.78 is 13.9. The maximum Gasteiger partial charge on any atom is 0.265 e. The number of likely N-dealkylation sites (N-methyl/N-ethyl adjacent to an activating group) is 1. The number of hydrogen-bond donors (Lipinski definition) is 2. The summed E-state index contributed by atoms with van der Waals surface area (Å²) in [5.41, 5.74) is 2.53. The van der Waals surface area contributed by atoms with Crippen LogP contribution in [0.4, 0.5) is 15.8 Å². The molecule has 1 fully saturated rings. The monoisotopic (exact) mass is 523 g/mol. The van der Waals surface area contributed by atoms with Gasteiger partial charge in [0, 0.05) is 51.4 Å². The molecule has 4 rings (SSSR count). The summed E-state index contributed by atoms with van der Waals surface area (Å²) in [6.45, 7) is 5.90. The standard InChI is InChI=1S/C28H34FN5O2S/c1-32(2)13-14-33-15-17-34(18-16-33)25-10-9-22(20-24(25)31-28(36)26-8-5-19-37-26)27(35)30-12-11-21-6-3-4-7-23(21)29/h3-10,19-20H,11-18H2,1-2H3,(H,30,35)(H,31,36). The van der Waals surface area contributed by atoms with Gasteiger partial charge >= 0.3 is 0 Å². The first-order valence-electron chi connectivity index (χ1n) is 12.5. The van der Waals surface area contributed by atoms with Gasteiger partial charge < -0.3 is 20.4 Å². The van der Waals surface area contributed by atoms with E-state index in [1.807, 2.05) is 17.5 Å². The van der Waals surface area contributed by atoms with Gasteiger partial charge in [0.1, 0.15) is 5.82 Å². The second kappa shape index (κ2) is 12.8. The van der Waals surface area contributed by atoms with Crippen molar-refractivity contribution in [2.75, 3.05) is 70.1 Å². The Labute approximate surface area is 221 Å². The molecule has 37 heavy (non-hydrogen) atoms. The zero-order chi connectivity index (χ0) is 26.2. The molecule has 0 spiro atoms. The van der Waals surface area contributed by atoms with E-state index >= 15 is 0 Å². The maximum atomic E-state index is 13.9. The van der Waals surface area contributed by atoms with Crippen molar-refractivity contribution < 1.29 is 14.0 Å². The third-order valence-electron chi connectivity index (χ3n) is 6.47. The Morgan fingerprint density at radius 3 is 2.49 bits per heavy atom. The Morgan fingerprint density at radius 2 is 1.78 bits per heavy atom. The van der Waals surface area contributed by atoms with Crippen molar-refractivity contribution in [3.8, 4) is 0 Å². The average molecular weight is 524 g/mol. The highest BCUT2D eigenvalue weighted by atomic mass is 32.1. The smallest absolute Gasteiger partial charge is 0.265 e. The number of benzene rings is 2. The molecule has 1 aliphatic rings. The fourth-order valence-corrected chi connectivity index (χ4v) is 4.93. The molecular weight excluding hydrogens is 489 g/mol. The van der Waals surface area contributed by atoms with E-state index in [4.69, 9.17) is 0 Å². The fourth-order valence-electron chi connectivity index (χ4n) is 4.31. The van der Waals surface area contributed by atoms with Crippen LogP contribution in [0, 0.1) is 5.82 Å². The number of thiophene rings is 1. The van der Waals surface area contributed by atoms with Crippen LogP contribution in [-0.2, 0) is 6.42 Å². The zero-order valence-electron chi connectivity index (χ0n) is 21.4. The molecule has 2 amide bonds. The largest absolute Gasteiger partial charge is 0.367 e. The normalized spacial score (nSPS) is 14.1. The number of carbonyl (C=O) groups excluding carboxylic acids is 2. The molecule has 7 nitrogen and oxygen atoms in total. The van der Waals surface area contributed by atoms with E-state index in [1.54, 1.807) is 36.4 Å². The summed E-state index contributed by atoms with van der Waals surface area (Å²) in [4.78, 5) is 33.3. The quantitative estimate of drug-likeness (QED) is 0.423. The van der Waals surface area contributed by atoms with Crippen molar-refractivity contribution in [3.05, 3.63) is 81.8 Å². The Kier molecular flexibility index (Phi) is 9.27. The molecule has 0 radical (unpaired) electrons. The summed E-state index contributed by atoms with van der Waals surface area (Å²) in [5.74, 6) is -0.734. The van der Waals surface area contributed by atoms with Gasteiger partial charge in [-0.3, -0.25) is 14.5 Å². The van der Waals surface area contributed by atoms with Gasteiger partial charge in [-0.25, -0.2) is 4.39 Å². The lowest BCUT2D eigenvalue weighted by Crippen LogP contribution is -2.48. The van der Waals surface area contributed by atoms with E-state index in [-0.39, 0.29) is 17.6 Å². The Bertz CT molecular complexity index is 1190. The predicted octanol–water partition coefficient (Wildman–Crippen LogP) is 3.80. The third-order valence-corrected chi connectivity index (χ3v) is 7.33. The molecule has 2 aromatic carbocycles. The molecule has 0 atom stereocenters. The molecule has 2 heterocycles. The lowest BCUT2D eigenvalue weighted by atomic mass is 10.1. The van der Waals surface area contributed by atoms with Crippen LogP contribution in [0.2, 0.25) is 0 Å². The summed E-state index contributed by atoms with van der Waals surface area (Å²) in [5, 5.41) is 7.76. The van der Waals surface area contributed by atoms with Crippen LogP contribution in [0.15, 0.2) is 60.0 Å². The second-order valence-corrected chi connectivity index (χ2v) is 10.3. The molecule has 3 aromatic rings. The SMILES string of the molecule is CN(C)CCN1CCN(c2ccc(C(=O)NCCc3ccccc3F)cc2NC(=O)c2cccs2)CC1. The van der Waals surface area contributed by atoms with Crippen LogP contribution < -0.4 is 15.5 Å². The molecule has 1 saturated heterocycles. The summed E-state index contributed by atoms with van der Waals surface area (Å²) in [6, 6.07) is 15.6. The molecule has 0 unspecified atom stereocenters. The number of carbonyl (C=O) groups is 2. The number of halogens is 1. The molecule has 1 aliphatic heterocycles. The number of rotatable bonds is 10. The van der Waals surface area contributed by atoms with Crippen molar-refractivity contribution in [1.82, 2.24) is 15.1 Å². The van der Waals surface area contributed by atoms with Crippen LogP contribution in [0.25, 0.3) is 0 Å². The Hall–Kier alpha value is -3.27. The molecule has 1 aromatic heterocycles. The van der Waals surface area contributed by atoms with E-state index in [0.717, 1.165) is 45.0 Å². The Balaban J connectivity index is 1.46. The number of nitrogens with one attached hydrogen (secondary N) is 2. The van der Waals surface area contributed by atoms with Crippen molar-refractivity contribution in [2.24, 2.45) is 0 Å². The number of nitrogens with zero attached hydrogens (tertiary/aromatic N) is 3. The van der Waals surface area contributed by atoms with Gasteiger partial charge in [0.2, 0.25) is 0 Å². The zero-order valence-corrected chi connectivity index (χ0v) is 22.2. The first-order chi connectivity index (χ1) is 17.9. The molecule has 9 heteroatoms. The summed E-state index contributed by atoms with van der Waals surface area (Å²) >= 11 is 1.37. The number of anilines is 2. The topological polar surface area (TPSA) is 67.9 Å². The minimum Gasteiger partial charge on any atom is -0.367 e. The van der Waals surface area contributed by atoms with Gasteiger partial charge in [0.05, 0.1) is 16.3 Å². The highest BCUT2D eigenvalue weighted by molar-refractivity contribution is 7.12. The van der Waals surface area contributed by atoms with Crippen molar-refractivity contribution in [3.63, 3.8) is 0 Å². The van der Waals surface area contributed by atoms with E-state index in [2.05, 4.69) is 39.4 Å². The van der Waals surface area contributed by atoms with Crippen molar-refractivity contribution in [1.29, 1.82) is 0 Å². The summed E-state index contributed by atoms with van der Waals surface area (Å²) in [7, 11) is 4.16. The van der Waals surface area contributed by atoms with Gasteiger partial charge in [-0.2, -0.15) is 0 Å². The first-order valence-corrected chi connectivity index (χ1v) is 13.4. The third kappa shape index (κ3) is 7.38. The lowest BCUT2D eigenvalue weighted by Gasteiger charge is -2.37. The highest BCUT2D eigenvalue weighted by Gasteiger charge is 2.22. The van der Waals surface area contributed by atoms with Gasteiger partial charge in [0.15, 0.2) is 0 Å². The van der Waals surface area contributed by atoms with Crippen LogP contribution in [-0.4, -0.2) is 81.5 Å². The van der Waals surface area contributed by atoms with Crippen LogP contribution in [0.3, 0.4) is 0 Å². The van der Waals surface area contributed by atoms with Gasteiger partial charge in [-0.1, -0.05) is 24.3 Å². The first kappa shape index (κ1) is 26.8. The average Bonchev–Trinajstić information content (AvgIpc) is 3.44. The molecule has 0 bridgehead atoms. The van der Waals surface area contributed by atoms with Crippen LogP contribution >= 0.6 is 11.3 Å². The minimum absolute atomic E-state index is 0.196. The van der Waals surface area contributed by atoms with Crippen molar-refractivity contribution in [2.45, 2.75) is 6.42 Å². The van der Waals surface area contributed by atoms with Gasteiger partial charge in [-0.15, -0.1) is 11.3 Å². The highest BCUT2D eigenvalue weighted by Crippen LogP contribution is 2.29. The molecule has 0 aliphatic carbocycles. The molecule has 2 N–H and O–H groups in total.